The Morgan fingerprint density at radius 1 is 0.508 bits per heavy atom. The Hall–Kier alpha value is -7.04. The fraction of sp³-hybridized carbons (Fsp3) is 0.186. The van der Waals surface area contributed by atoms with E-state index in [-0.39, 0.29) is 10.8 Å². The van der Waals surface area contributed by atoms with Crippen molar-refractivity contribution in [1.29, 1.82) is 0 Å². The molecular formula is C59H51N3O+2. The third kappa shape index (κ3) is 5.34. The van der Waals surface area contributed by atoms with Gasteiger partial charge in [-0.3, -0.25) is 0 Å². The van der Waals surface area contributed by atoms with Crippen molar-refractivity contribution in [2.24, 2.45) is 0 Å². The Bertz CT molecular complexity index is 3380. The molecule has 0 saturated carbocycles. The van der Waals surface area contributed by atoms with E-state index in [2.05, 4.69) is 233 Å². The lowest BCUT2D eigenvalue weighted by Gasteiger charge is -2.33. The fourth-order valence-corrected chi connectivity index (χ4v) is 10.6. The van der Waals surface area contributed by atoms with Crippen molar-refractivity contribution < 1.29 is 13.9 Å². The summed E-state index contributed by atoms with van der Waals surface area (Å²) in [4.78, 5) is 0. The lowest BCUT2D eigenvalue weighted by molar-refractivity contribution is -0.997. The first kappa shape index (κ1) is 37.7. The van der Waals surface area contributed by atoms with E-state index in [4.69, 9.17) is 4.74 Å². The minimum Gasteiger partial charge on any atom is -0.392 e. The molecule has 9 aromatic rings. The van der Waals surface area contributed by atoms with Gasteiger partial charge in [-0.2, -0.15) is 4.57 Å². The molecule has 0 aliphatic carbocycles. The van der Waals surface area contributed by atoms with Crippen molar-refractivity contribution in [3.05, 3.63) is 192 Å². The largest absolute Gasteiger partial charge is 0.499 e. The van der Waals surface area contributed by atoms with E-state index in [9.17, 15) is 0 Å². The molecule has 3 aliphatic heterocycles. The highest BCUT2D eigenvalue weighted by Crippen LogP contribution is 2.54. The van der Waals surface area contributed by atoms with Crippen molar-refractivity contribution in [3.8, 4) is 78.6 Å². The molecule has 0 saturated heterocycles. The van der Waals surface area contributed by atoms with Crippen LogP contribution in [0.15, 0.2) is 164 Å². The second-order valence-corrected chi connectivity index (χ2v) is 20.0. The highest BCUT2D eigenvalue weighted by molar-refractivity contribution is 5.99. The summed E-state index contributed by atoms with van der Waals surface area (Å²) in [6.45, 7) is 18.2. The number of imidazole rings is 1. The second kappa shape index (κ2) is 13.0. The summed E-state index contributed by atoms with van der Waals surface area (Å²) in [5.74, 6) is 0.927. The number of aromatic nitrogens is 3. The Morgan fingerprint density at radius 2 is 1.17 bits per heavy atom. The smallest absolute Gasteiger partial charge is 0.392 e. The average Bonchev–Trinajstić information content (AvgIpc) is 3.77. The molecule has 12 rings (SSSR count). The lowest BCUT2D eigenvalue weighted by atomic mass is 9.80. The minimum atomic E-state index is -1.03. The summed E-state index contributed by atoms with van der Waals surface area (Å²) < 4.78 is 15.2. The van der Waals surface area contributed by atoms with Gasteiger partial charge in [0.15, 0.2) is 17.2 Å². The molecular weight excluding hydrogens is 767 g/mol. The maximum Gasteiger partial charge on any atom is 0.499 e. The normalized spacial score (nSPS) is 15.5. The minimum absolute atomic E-state index is 0.0784. The van der Waals surface area contributed by atoms with Gasteiger partial charge in [-0.05, 0) is 118 Å². The van der Waals surface area contributed by atoms with Gasteiger partial charge >= 0.3 is 11.7 Å². The van der Waals surface area contributed by atoms with Crippen LogP contribution in [0.3, 0.4) is 0 Å². The van der Waals surface area contributed by atoms with Crippen LogP contribution in [-0.2, 0) is 16.7 Å². The molecule has 4 heteroatoms. The molecule has 3 aliphatic rings. The Morgan fingerprint density at radius 3 is 1.92 bits per heavy atom. The number of ether oxygens (including phenoxy) is 1. The van der Waals surface area contributed by atoms with E-state index in [1.165, 1.54) is 77.9 Å². The number of hydrogen-bond acceptors (Lipinski definition) is 1. The second-order valence-electron chi connectivity index (χ2n) is 20.0. The molecule has 63 heavy (non-hydrogen) atoms. The quantitative estimate of drug-likeness (QED) is 0.162. The topological polar surface area (TPSA) is 21.9 Å². The van der Waals surface area contributed by atoms with Gasteiger partial charge in [0.05, 0.1) is 5.56 Å². The number of hydrogen-bond donors (Lipinski definition) is 0. The zero-order valence-electron chi connectivity index (χ0n) is 37.3. The average molecular weight is 818 g/mol. The van der Waals surface area contributed by atoms with Gasteiger partial charge in [0.1, 0.15) is 22.6 Å². The highest BCUT2D eigenvalue weighted by atomic mass is 16.5. The van der Waals surface area contributed by atoms with Gasteiger partial charge in [0.25, 0.3) is 0 Å². The summed E-state index contributed by atoms with van der Waals surface area (Å²) in [5.41, 5.74) is 22.8. The zero-order chi connectivity index (χ0) is 43.2. The molecule has 0 radical (unpaired) electrons. The lowest BCUT2D eigenvalue weighted by Crippen LogP contribution is -2.78. The monoisotopic (exact) mass is 817 g/mol. The van der Waals surface area contributed by atoms with Crippen LogP contribution in [0, 0.1) is 13.8 Å². The van der Waals surface area contributed by atoms with E-state index in [0.29, 0.717) is 0 Å². The highest BCUT2D eigenvalue weighted by Gasteiger charge is 2.68. The number of para-hydroxylation sites is 2. The van der Waals surface area contributed by atoms with Crippen LogP contribution in [0.25, 0.3) is 83.9 Å². The van der Waals surface area contributed by atoms with Gasteiger partial charge in [-0.1, -0.05) is 144 Å². The molecule has 0 fully saturated rings. The Labute approximate surface area is 370 Å². The number of nitrogens with zero attached hydrogens (tertiary/aromatic N) is 3. The van der Waals surface area contributed by atoms with Crippen LogP contribution in [-0.4, -0.2) is 4.57 Å². The summed E-state index contributed by atoms with van der Waals surface area (Å²) in [6.07, 6.45) is 2.27. The van der Waals surface area contributed by atoms with Crippen LogP contribution in [0.4, 0.5) is 0 Å². The van der Waals surface area contributed by atoms with Crippen LogP contribution in [0.5, 0.6) is 5.75 Å². The standard InChI is InChI=1S/C59H51N3O/c1-36-21-23-38(24-22-36)41-29-30-60-51(32-41)49-34-43(58(6,7)8)33-48-44-18-14-19-50-55(44)62-56(45-17-12-13-20-53(45)63-59(60,62)54(48)49)61(50)52-31-37(2)46(35-47(52)39-15-10-9-11-16-39)40-25-27-42(28-26-40)57(3,4)5/h9-35H,1-8H3/q+2. The zero-order valence-corrected chi connectivity index (χ0v) is 37.3. The van der Waals surface area contributed by atoms with Crippen molar-refractivity contribution >= 4 is 11.0 Å². The summed E-state index contributed by atoms with van der Waals surface area (Å²) in [5, 5.41) is 0. The predicted molar refractivity (Wildman–Crippen MR) is 256 cm³/mol. The molecule has 306 valence electrons. The molecule has 1 atom stereocenters. The molecule has 0 N–H and O–H groups in total. The first-order valence-electron chi connectivity index (χ1n) is 22.3. The molecule has 0 bridgehead atoms. The van der Waals surface area contributed by atoms with E-state index in [1.807, 2.05) is 0 Å². The Kier molecular flexibility index (Phi) is 7.78. The van der Waals surface area contributed by atoms with Crippen LogP contribution in [0.2, 0.25) is 0 Å². The van der Waals surface area contributed by atoms with Crippen molar-refractivity contribution in [1.82, 2.24) is 4.57 Å². The van der Waals surface area contributed by atoms with Gasteiger partial charge in [0.2, 0.25) is 5.69 Å². The van der Waals surface area contributed by atoms with Crippen molar-refractivity contribution in [2.45, 2.75) is 72.1 Å². The molecule has 4 nitrogen and oxygen atoms in total. The van der Waals surface area contributed by atoms with Gasteiger partial charge < -0.3 is 4.74 Å². The van der Waals surface area contributed by atoms with Crippen molar-refractivity contribution in [3.63, 3.8) is 0 Å². The number of fused-ring (bicyclic) bond motifs is 5. The number of aryl methyl sites for hydroxylation is 2. The summed E-state index contributed by atoms with van der Waals surface area (Å²) in [7, 11) is 0. The van der Waals surface area contributed by atoms with Gasteiger partial charge in [-0.15, -0.1) is 9.13 Å². The summed E-state index contributed by atoms with van der Waals surface area (Å²) >= 11 is 0. The van der Waals surface area contributed by atoms with E-state index < -0.39 is 5.85 Å². The SMILES string of the molecule is Cc1ccc(-c2cc[n+]3c(c2)-c2cc(C(C)(C)C)cc4c2C32Oc3ccccc3-c3n(-c5cc(C)c(-c6ccc(C(C)(C)C)cc6)cc5-c5ccccc5)c5cccc-4c5[n+]32)cc1. The van der Waals surface area contributed by atoms with E-state index >= 15 is 0 Å². The molecule has 1 unspecified atom stereocenters. The van der Waals surface area contributed by atoms with Gasteiger partial charge in [-0.25, -0.2) is 0 Å². The fourth-order valence-electron chi connectivity index (χ4n) is 10.6. The molecule has 5 heterocycles. The number of rotatable bonds is 4. The molecule has 0 amide bonds. The third-order valence-corrected chi connectivity index (χ3v) is 13.9. The van der Waals surface area contributed by atoms with Crippen LogP contribution >= 0.6 is 0 Å². The van der Waals surface area contributed by atoms with E-state index in [0.717, 1.165) is 39.6 Å². The first-order valence-corrected chi connectivity index (χ1v) is 22.3. The Balaban J connectivity index is 1.21. The maximum atomic E-state index is 7.70. The number of benzene rings is 7. The van der Waals surface area contributed by atoms with Crippen LogP contribution in [0.1, 0.15) is 69.4 Å². The molecule has 1 spiro atoms. The van der Waals surface area contributed by atoms with Gasteiger partial charge in [0, 0.05) is 28.8 Å². The van der Waals surface area contributed by atoms with Crippen LogP contribution < -0.4 is 13.9 Å². The predicted octanol–water partition coefficient (Wildman–Crippen LogP) is 13.6. The number of pyridine rings is 1. The van der Waals surface area contributed by atoms with Crippen molar-refractivity contribution in [2.75, 3.05) is 0 Å². The third-order valence-electron chi connectivity index (χ3n) is 13.9. The first-order chi connectivity index (χ1) is 30.3. The molecule has 7 aromatic carbocycles. The van der Waals surface area contributed by atoms with E-state index in [1.54, 1.807) is 0 Å². The maximum absolute atomic E-state index is 7.70. The summed E-state index contributed by atoms with van der Waals surface area (Å²) in [6, 6.07) is 58.9. The molecule has 2 aromatic heterocycles.